The lowest BCUT2D eigenvalue weighted by molar-refractivity contribution is -0.121. The number of hydrogen-bond donors (Lipinski definition) is 1. The van der Waals surface area contributed by atoms with Gasteiger partial charge in [-0.05, 0) is 37.0 Å². The molecule has 0 unspecified atom stereocenters. The van der Waals surface area contributed by atoms with Crippen LogP contribution >= 0.6 is 15.9 Å². The van der Waals surface area contributed by atoms with Crippen LogP contribution in [0.4, 0.5) is 0 Å². The monoisotopic (exact) mass is 395 g/mol. The maximum Gasteiger partial charge on any atom is 0.220 e. The molecule has 1 fully saturated rings. The molecule has 0 radical (unpaired) electrons. The molecular formula is C20H30BrNO2. The molecule has 0 aromatic heterocycles. The fraction of sp³-hybridized carbons (Fsp3) is 0.650. The van der Waals surface area contributed by atoms with Crippen molar-refractivity contribution in [2.24, 2.45) is 0 Å². The normalized spacial score (nSPS) is 16.8. The van der Waals surface area contributed by atoms with Crippen molar-refractivity contribution in [3.63, 3.8) is 0 Å². The summed E-state index contributed by atoms with van der Waals surface area (Å²) >= 11 is 3.57. The molecule has 0 saturated carbocycles. The zero-order chi connectivity index (χ0) is 17.3. The summed E-state index contributed by atoms with van der Waals surface area (Å²) in [5.74, 6) is 0.187. The molecule has 1 aromatic rings. The van der Waals surface area contributed by atoms with E-state index in [4.69, 9.17) is 4.74 Å². The Kier molecular flexibility index (Phi) is 8.26. The van der Waals surface area contributed by atoms with Gasteiger partial charge >= 0.3 is 0 Å². The Morgan fingerprint density at radius 1 is 1.21 bits per heavy atom. The zero-order valence-corrected chi connectivity index (χ0v) is 16.4. The zero-order valence-electron chi connectivity index (χ0n) is 14.8. The van der Waals surface area contributed by atoms with Crippen molar-refractivity contribution >= 4 is 21.8 Å². The lowest BCUT2D eigenvalue weighted by Gasteiger charge is -2.38. The standard InChI is InChI=1S/C20H30BrNO2/c1-2-3-4-5-6-10-19(23)22-16-20(11-13-24-14-12-20)17-8-7-9-18(21)15-17/h7-9,15H,2-6,10-14,16H2,1H3,(H,22,23). The second-order valence-corrected chi connectivity index (χ2v) is 7.76. The molecule has 1 heterocycles. The molecule has 3 nitrogen and oxygen atoms in total. The molecular weight excluding hydrogens is 366 g/mol. The van der Waals surface area contributed by atoms with Gasteiger partial charge in [0.05, 0.1) is 0 Å². The van der Waals surface area contributed by atoms with Gasteiger partial charge in [0.2, 0.25) is 5.91 Å². The number of nitrogens with one attached hydrogen (secondary N) is 1. The average Bonchev–Trinajstić information content (AvgIpc) is 2.61. The number of benzene rings is 1. The van der Waals surface area contributed by atoms with E-state index in [2.05, 4.69) is 46.4 Å². The Bertz CT molecular complexity index is 512. The van der Waals surface area contributed by atoms with Crippen molar-refractivity contribution < 1.29 is 9.53 Å². The number of amides is 1. The molecule has 1 aromatic carbocycles. The number of carbonyl (C=O) groups excluding carboxylic acids is 1. The van der Waals surface area contributed by atoms with Crippen LogP contribution < -0.4 is 5.32 Å². The third kappa shape index (κ3) is 5.89. The topological polar surface area (TPSA) is 38.3 Å². The first-order valence-corrected chi connectivity index (χ1v) is 10.1. The fourth-order valence-electron chi connectivity index (χ4n) is 3.39. The second-order valence-electron chi connectivity index (χ2n) is 6.84. The van der Waals surface area contributed by atoms with Crippen molar-refractivity contribution in [3.8, 4) is 0 Å². The maximum atomic E-state index is 12.2. The Hall–Kier alpha value is -0.870. The van der Waals surface area contributed by atoms with Gasteiger partial charge in [-0.2, -0.15) is 0 Å². The van der Waals surface area contributed by atoms with Crippen molar-refractivity contribution in [1.82, 2.24) is 5.32 Å². The Morgan fingerprint density at radius 3 is 2.67 bits per heavy atom. The first-order chi connectivity index (χ1) is 11.7. The van der Waals surface area contributed by atoms with Gasteiger partial charge < -0.3 is 10.1 Å². The first kappa shape index (κ1) is 19.5. The van der Waals surface area contributed by atoms with Crippen LogP contribution in [0.2, 0.25) is 0 Å². The molecule has 4 heteroatoms. The highest BCUT2D eigenvalue weighted by Crippen LogP contribution is 2.35. The van der Waals surface area contributed by atoms with E-state index in [9.17, 15) is 4.79 Å². The smallest absolute Gasteiger partial charge is 0.220 e. The van der Waals surface area contributed by atoms with Crippen molar-refractivity contribution in [2.45, 2.75) is 63.7 Å². The van der Waals surface area contributed by atoms with Crippen LogP contribution in [0.15, 0.2) is 28.7 Å². The summed E-state index contributed by atoms with van der Waals surface area (Å²) in [6.07, 6.45) is 8.47. The number of hydrogen-bond acceptors (Lipinski definition) is 2. The molecule has 1 N–H and O–H groups in total. The van der Waals surface area contributed by atoms with Crippen molar-refractivity contribution in [2.75, 3.05) is 19.8 Å². The molecule has 0 aliphatic carbocycles. The fourth-order valence-corrected chi connectivity index (χ4v) is 3.79. The second kappa shape index (κ2) is 10.2. The molecule has 24 heavy (non-hydrogen) atoms. The summed E-state index contributed by atoms with van der Waals surface area (Å²) in [6.45, 7) is 4.45. The van der Waals surface area contributed by atoms with Crippen molar-refractivity contribution in [3.05, 3.63) is 34.3 Å². The number of ether oxygens (including phenoxy) is 1. The summed E-state index contributed by atoms with van der Waals surface area (Å²) in [5, 5.41) is 3.19. The summed E-state index contributed by atoms with van der Waals surface area (Å²) in [7, 11) is 0. The van der Waals surface area contributed by atoms with Crippen LogP contribution in [-0.2, 0) is 14.9 Å². The molecule has 0 bridgehead atoms. The highest BCUT2D eigenvalue weighted by atomic mass is 79.9. The van der Waals surface area contributed by atoms with Gasteiger partial charge in [-0.15, -0.1) is 0 Å². The van der Waals surface area contributed by atoms with E-state index in [1.807, 2.05) is 6.07 Å². The maximum absolute atomic E-state index is 12.2. The van der Waals surface area contributed by atoms with E-state index in [1.54, 1.807) is 0 Å². The van der Waals surface area contributed by atoms with Gasteiger partial charge in [-0.25, -0.2) is 0 Å². The third-order valence-electron chi connectivity index (χ3n) is 5.02. The number of unbranched alkanes of at least 4 members (excludes halogenated alkanes) is 4. The summed E-state index contributed by atoms with van der Waals surface area (Å²) in [6, 6.07) is 8.48. The summed E-state index contributed by atoms with van der Waals surface area (Å²) < 4.78 is 6.65. The van der Waals surface area contributed by atoms with E-state index in [-0.39, 0.29) is 11.3 Å². The molecule has 1 aliphatic rings. The van der Waals surface area contributed by atoms with Crippen LogP contribution in [0.25, 0.3) is 0 Å². The van der Waals surface area contributed by atoms with Crippen LogP contribution in [0, 0.1) is 0 Å². The Morgan fingerprint density at radius 2 is 1.96 bits per heavy atom. The lowest BCUT2D eigenvalue weighted by atomic mass is 9.74. The van der Waals surface area contributed by atoms with Crippen LogP contribution in [0.3, 0.4) is 0 Å². The van der Waals surface area contributed by atoms with Crippen molar-refractivity contribution in [1.29, 1.82) is 0 Å². The minimum atomic E-state index is -0.0000986. The van der Waals surface area contributed by atoms with Gasteiger partial charge in [-0.1, -0.05) is 60.7 Å². The van der Waals surface area contributed by atoms with Gasteiger partial charge in [0.1, 0.15) is 0 Å². The minimum Gasteiger partial charge on any atom is -0.381 e. The van der Waals surface area contributed by atoms with Gasteiger partial charge in [0.25, 0.3) is 0 Å². The largest absolute Gasteiger partial charge is 0.381 e. The van der Waals surface area contributed by atoms with Crippen LogP contribution in [0.5, 0.6) is 0 Å². The Balaban J connectivity index is 1.89. The van der Waals surface area contributed by atoms with E-state index < -0.39 is 0 Å². The van der Waals surface area contributed by atoms with E-state index in [0.717, 1.165) is 43.4 Å². The van der Waals surface area contributed by atoms with Crippen LogP contribution in [0.1, 0.15) is 63.9 Å². The molecule has 0 atom stereocenters. The number of rotatable bonds is 9. The first-order valence-electron chi connectivity index (χ1n) is 9.27. The highest BCUT2D eigenvalue weighted by molar-refractivity contribution is 9.10. The number of carbonyl (C=O) groups is 1. The third-order valence-corrected chi connectivity index (χ3v) is 5.51. The predicted molar refractivity (Wildman–Crippen MR) is 102 cm³/mol. The molecule has 1 aliphatic heterocycles. The van der Waals surface area contributed by atoms with E-state index in [0.29, 0.717) is 13.0 Å². The number of halogens is 1. The minimum absolute atomic E-state index is 0.0000986. The average molecular weight is 396 g/mol. The highest BCUT2D eigenvalue weighted by Gasteiger charge is 2.34. The molecule has 2 rings (SSSR count). The van der Waals surface area contributed by atoms with Gasteiger partial charge in [-0.3, -0.25) is 4.79 Å². The van der Waals surface area contributed by atoms with Crippen LogP contribution in [-0.4, -0.2) is 25.7 Å². The lowest BCUT2D eigenvalue weighted by Crippen LogP contribution is -2.44. The molecule has 1 saturated heterocycles. The Labute approximate surface area is 154 Å². The van der Waals surface area contributed by atoms with Gasteiger partial charge in [0, 0.05) is 36.1 Å². The molecule has 0 spiro atoms. The summed E-state index contributed by atoms with van der Waals surface area (Å²) in [5.41, 5.74) is 1.29. The summed E-state index contributed by atoms with van der Waals surface area (Å²) in [4.78, 5) is 12.2. The van der Waals surface area contributed by atoms with Gasteiger partial charge in [0.15, 0.2) is 0 Å². The van der Waals surface area contributed by atoms with E-state index in [1.165, 1.54) is 24.8 Å². The molecule has 1 amide bonds. The quantitative estimate of drug-likeness (QED) is 0.599. The molecule has 134 valence electrons. The predicted octanol–water partition coefficient (Wildman–Crippen LogP) is 4.97. The SMILES string of the molecule is CCCCCCCC(=O)NCC1(c2cccc(Br)c2)CCOCC1. The van der Waals surface area contributed by atoms with E-state index >= 15 is 0 Å².